The Morgan fingerprint density at radius 1 is 1.17 bits per heavy atom. The first-order valence-corrected chi connectivity index (χ1v) is 9.32. The van der Waals surface area contributed by atoms with Crippen molar-refractivity contribution in [3.8, 4) is 0 Å². The first kappa shape index (κ1) is 16.0. The van der Waals surface area contributed by atoms with E-state index in [9.17, 15) is 13.2 Å². The first-order chi connectivity index (χ1) is 7.93. The SMILES string of the molecule is CC(C)(C)[Si](C)(C)OC1CCNC(C(F)(F)F)C1. The van der Waals surface area contributed by atoms with Crippen LogP contribution in [0, 0.1) is 0 Å². The minimum absolute atomic E-state index is 0.0333. The predicted molar refractivity (Wildman–Crippen MR) is 69.1 cm³/mol. The Morgan fingerprint density at radius 3 is 2.17 bits per heavy atom. The van der Waals surface area contributed by atoms with Crippen molar-refractivity contribution in [1.29, 1.82) is 0 Å². The van der Waals surface area contributed by atoms with E-state index in [-0.39, 0.29) is 17.6 Å². The van der Waals surface area contributed by atoms with E-state index in [4.69, 9.17) is 4.43 Å². The van der Waals surface area contributed by atoms with Crippen LogP contribution in [-0.4, -0.2) is 33.2 Å². The van der Waals surface area contributed by atoms with Crippen molar-refractivity contribution in [3.63, 3.8) is 0 Å². The Labute approximate surface area is 108 Å². The van der Waals surface area contributed by atoms with Gasteiger partial charge in [-0.2, -0.15) is 13.2 Å². The van der Waals surface area contributed by atoms with Gasteiger partial charge in [-0.1, -0.05) is 20.8 Å². The summed E-state index contributed by atoms with van der Waals surface area (Å²) in [7, 11) is -1.98. The highest BCUT2D eigenvalue weighted by Crippen LogP contribution is 2.39. The fraction of sp³-hybridized carbons (Fsp3) is 1.00. The van der Waals surface area contributed by atoms with Crippen LogP contribution in [0.1, 0.15) is 33.6 Å². The molecule has 0 spiro atoms. The number of alkyl halides is 3. The maximum Gasteiger partial charge on any atom is 0.403 e. The van der Waals surface area contributed by atoms with Gasteiger partial charge in [-0.25, -0.2) is 0 Å². The van der Waals surface area contributed by atoms with Gasteiger partial charge in [-0.15, -0.1) is 0 Å². The third-order valence-corrected chi connectivity index (χ3v) is 8.55. The molecule has 18 heavy (non-hydrogen) atoms. The van der Waals surface area contributed by atoms with Gasteiger partial charge in [0.2, 0.25) is 0 Å². The largest absolute Gasteiger partial charge is 0.414 e. The molecule has 0 aromatic rings. The third-order valence-electron chi connectivity index (χ3n) is 4.02. The molecule has 108 valence electrons. The lowest BCUT2D eigenvalue weighted by molar-refractivity contribution is -0.166. The molecular weight excluding hydrogens is 259 g/mol. The van der Waals surface area contributed by atoms with Gasteiger partial charge in [0.05, 0.1) is 0 Å². The van der Waals surface area contributed by atoms with Crippen LogP contribution >= 0.6 is 0 Å². The molecule has 2 atom stereocenters. The molecule has 1 N–H and O–H groups in total. The summed E-state index contributed by atoms with van der Waals surface area (Å²) in [6, 6.07) is -1.42. The lowest BCUT2D eigenvalue weighted by Gasteiger charge is -2.42. The predicted octanol–water partition coefficient (Wildman–Crippen LogP) is 3.69. The minimum atomic E-state index is -4.17. The highest BCUT2D eigenvalue weighted by atomic mass is 28.4. The van der Waals surface area contributed by atoms with Gasteiger partial charge in [-0.05, 0) is 37.5 Å². The molecule has 1 rings (SSSR count). The normalized spacial score (nSPS) is 27.3. The number of halogens is 3. The van der Waals surface area contributed by atoms with Crippen LogP contribution in [0.25, 0.3) is 0 Å². The molecule has 1 fully saturated rings. The monoisotopic (exact) mass is 283 g/mol. The summed E-state index contributed by atoms with van der Waals surface area (Å²) in [5.74, 6) is 0. The highest BCUT2D eigenvalue weighted by molar-refractivity contribution is 6.74. The summed E-state index contributed by atoms with van der Waals surface area (Å²) in [6.07, 6.45) is -3.73. The van der Waals surface area contributed by atoms with Crippen molar-refractivity contribution >= 4 is 8.32 Å². The molecule has 2 unspecified atom stereocenters. The molecule has 0 radical (unpaired) electrons. The summed E-state index contributed by atoms with van der Waals surface area (Å²) in [6.45, 7) is 10.8. The summed E-state index contributed by atoms with van der Waals surface area (Å²) < 4.78 is 44.1. The second-order valence-electron chi connectivity index (χ2n) is 6.57. The second-order valence-corrected chi connectivity index (χ2v) is 11.3. The third kappa shape index (κ3) is 3.96. The van der Waals surface area contributed by atoms with Gasteiger partial charge in [0, 0.05) is 6.10 Å². The molecule has 0 saturated carbocycles. The lowest BCUT2D eigenvalue weighted by atomic mass is 10.0. The van der Waals surface area contributed by atoms with E-state index in [1.807, 2.05) is 0 Å². The molecule has 0 aromatic heterocycles. The van der Waals surface area contributed by atoms with Gasteiger partial charge in [0.1, 0.15) is 6.04 Å². The quantitative estimate of drug-likeness (QED) is 0.780. The zero-order chi connectivity index (χ0) is 14.2. The van der Waals surface area contributed by atoms with E-state index < -0.39 is 20.5 Å². The molecule has 0 bridgehead atoms. The van der Waals surface area contributed by atoms with Crippen molar-refractivity contribution in [2.24, 2.45) is 0 Å². The molecule has 1 saturated heterocycles. The van der Waals surface area contributed by atoms with Crippen LogP contribution in [0.4, 0.5) is 13.2 Å². The summed E-state index contributed by atoms with van der Waals surface area (Å²) >= 11 is 0. The maximum atomic E-state index is 12.7. The molecule has 1 heterocycles. The molecule has 0 aliphatic carbocycles. The standard InChI is InChI=1S/C12H24F3NOSi/c1-11(2,3)18(4,5)17-9-6-7-16-10(8-9)12(13,14)15/h9-10,16H,6-8H2,1-5H3. The van der Waals surface area contributed by atoms with Crippen molar-refractivity contribution in [2.45, 2.75) is 70.1 Å². The number of rotatable bonds is 2. The number of nitrogens with one attached hydrogen (secondary N) is 1. The Hall–Kier alpha value is -0.0731. The number of piperidine rings is 1. The Morgan fingerprint density at radius 2 is 1.72 bits per heavy atom. The first-order valence-electron chi connectivity index (χ1n) is 6.41. The van der Waals surface area contributed by atoms with Crippen molar-refractivity contribution in [3.05, 3.63) is 0 Å². The molecule has 2 nitrogen and oxygen atoms in total. The Balaban J connectivity index is 2.64. The average molecular weight is 283 g/mol. The van der Waals surface area contributed by atoms with Crippen LogP contribution in [0.3, 0.4) is 0 Å². The van der Waals surface area contributed by atoms with Gasteiger partial charge in [0.15, 0.2) is 8.32 Å². The zero-order valence-corrected chi connectivity index (χ0v) is 12.8. The highest BCUT2D eigenvalue weighted by Gasteiger charge is 2.45. The molecule has 6 heteroatoms. The van der Waals surface area contributed by atoms with E-state index >= 15 is 0 Å². The molecule has 0 amide bonds. The molecule has 0 aromatic carbocycles. The van der Waals surface area contributed by atoms with Crippen LogP contribution < -0.4 is 5.32 Å². The smallest absolute Gasteiger partial charge is 0.403 e. The van der Waals surface area contributed by atoms with Gasteiger partial charge >= 0.3 is 6.18 Å². The number of hydrogen-bond donors (Lipinski definition) is 1. The summed E-state index contributed by atoms with van der Waals surface area (Å²) in [5, 5.41) is 2.56. The maximum absolute atomic E-state index is 12.7. The molecule has 1 aliphatic rings. The van der Waals surface area contributed by atoms with E-state index in [2.05, 4.69) is 39.2 Å². The Bertz CT molecular complexity index is 286. The molecule has 1 aliphatic heterocycles. The van der Waals surface area contributed by atoms with Crippen LogP contribution in [0.2, 0.25) is 18.1 Å². The van der Waals surface area contributed by atoms with Crippen molar-refractivity contribution in [2.75, 3.05) is 6.54 Å². The van der Waals surface area contributed by atoms with E-state index in [0.717, 1.165) is 0 Å². The van der Waals surface area contributed by atoms with Crippen LogP contribution in [0.15, 0.2) is 0 Å². The lowest BCUT2D eigenvalue weighted by Crippen LogP contribution is -2.53. The minimum Gasteiger partial charge on any atom is -0.414 e. The van der Waals surface area contributed by atoms with Gasteiger partial charge in [0.25, 0.3) is 0 Å². The Kier molecular flexibility index (Phi) is 4.56. The average Bonchev–Trinajstić information content (AvgIpc) is 2.14. The topological polar surface area (TPSA) is 21.3 Å². The van der Waals surface area contributed by atoms with E-state index in [1.54, 1.807) is 0 Å². The summed E-state index contributed by atoms with van der Waals surface area (Å²) in [5.41, 5.74) is 0. The zero-order valence-electron chi connectivity index (χ0n) is 11.8. The van der Waals surface area contributed by atoms with Crippen LogP contribution in [-0.2, 0) is 4.43 Å². The fourth-order valence-electron chi connectivity index (χ4n) is 1.83. The van der Waals surface area contributed by atoms with Crippen LogP contribution in [0.5, 0.6) is 0 Å². The van der Waals surface area contributed by atoms with Gasteiger partial charge < -0.3 is 9.74 Å². The molecular formula is C12H24F3NOSi. The van der Waals surface area contributed by atoms with Crippen molar-refractivity contribution < 1.29 is 17.6 Å². The number of hydrogen-bond acceptors (Lipinski definition) is 2. The fourth-order valence-corrected chi connectivity index (χ4v) is 3.23. The van der Waals surface area contributed by atoms with Gasteiger partial charge in [-0.3, -0.25) is 0 Å². The van der Waals surface area contributed by atoms with Crippen molar-refractivity contribution in [1.82, 2.24) is 5.32 Å². The van der Waals surface area contributed by atoms with E-state index in [0.29, 0.717) is 13.0 Å². The van der Waals surface area contributed by atoms with E-state index in [1.165, 1.54) is 0 Å². The second kappa shape index (κ2) is 5.13. The summed E-state index contributed by atoms with van der Waals surface area (Å²) in [4.78, 5) is 0.